The number of benzene rings is 2. The molecule has 0 saturated heterocycles. The van der Waals surface area contributed by atoms with Gasteiger partial charge in [-0.25, -0.2) is 4.79 Å². The van der Waals surface area contributed by atoms with Crippen LogP contribution in [0.1, 0.15) is 82.7 Å². The molecule has 2 aromatic rings. The number of para-hydroxylation sites is 1. The maximum absolute atomic E-state index is 14.2. The maximum Gasteiger partial charge on any atom is 0.408 e. The van der Waals surface area contributed by atoms with Crippen molar-refractivity contribution >= 4 is 23.6 Å². The van der Waals surface area contributed by atoms with Crippen LogP contribution in [-0.2, 0) is 14.3 Å². The predicted octanol–water partition coefficient (Wildman–Crippen LogP) is 6.47. The van der Waals surface area contributed by atoms with Crippen LogP contribution in [0, 0.1) is 26.7 Å². The molecule has 38 heavy (non-hydrogen) atoms. The number of rotatable bonds is 10. The lowest BCUT2D eigenvalue weighted by Gasteiger charge is -2.36. The molecule has 3 atom stereocenters. The Hall–Kier alpha value is -3.35. The Morgan fingerprint density at radius 2 is 1.50 bits per heavy atom. The molecule has 7 heteroatoms. The number of amides is 3. The van der Waals surface area contributed by atoms with Crippen LogP contribution >= 0.6 is 0 Å². The van der Waals surface area contributed by atoms with Crippen LogP contribution in [0.15, 0.2) is 42.5 Å². The number of carbonyl (C=O) groups is 3. The van der Waals surface area contributed by atoms with Crippen molar-refractivity contribution in [2.75, 3.05) is 11.9 Å². The molecule has 7 nitrogen and oxygen atoms in total. The number of alkyl carbamates (subject to hydrolysis) is 1. The van der Waals surface area contributed by atoms with Gasteiger partial charge in [0.05, 0.1) is 0 Å². The van der Waals surface area contributed by atoms with Gasteiger partial charge in [0.2, 0.25) is 5.91 Å². The van der Waals surface area contributed by atoms with Crippen molar-refractivity contribution in [3.63, 3.8) is 0 Å². The highest BCUT2D eigenvalue weighted by atomic mass is 16.6. The molecule has 0 aliphatic rings. The Morgan fingerprint density at radius 3 is 2.03 bits per heavy atom. The lowest BCUT2D eigenvalue weighted by atomic mass is 9.94. The largest absolute Gasteiger partial charge is 0.444 e. The molecule has 0 heterocycles. The van der Waals surface area contributed by atoms with Gasteiger partial charge in [-0.05, 0) is 76.1 Å². The maximum atomic E-state index is 14.2. The van der Waals surface area contributed by atoms with Crippen LogP contribution in [0.2, 0.25) is 0 Å². The van der Waals surface area contributed by atoms with Crippen LogP contribution in [-0.4, -0.2) is 41.0 Å². The highest BCUT2D eigenvalue weighted by Gasteiger charge is 2.38. The quantitative estimate of drug-likeness (QED) is 0.374. The topological polar surface area (TPSA) is 87.7 Å². The number of hydrogen-bond donors (Lipinski definition) is 2. The lowest BCUT2D eigenvalue weighted by Crippen LogP contribution is -2.55. The van der Waals surface area contributed by atoms with E-state index in [0.29, 0.717) is 19.4 Å². The first-order valence-corrected chi connectivity index (χ1v) is 13.5. The van der Waals surface area contributed by atoms with E-state index in [1.54, 1.807) is 25.7 Å². The normalized spacial score (nSPS) is 13.7. The predicted molar refractivity (Wildman–Crippen MR) is 153 cm³/mol. The Kier molecular flexibility index (Phi) is 10.9. The zero-order valence-corrected chi connectivity index (χ0v) is 24.5. The van der Waals surface area contributed by atoms with E-state index in [1.165, 1.54) is 0 Å². The summed E-state index contributed by atoms with van der Waals surface area (Å²) in [4.78, 5) is 42.6. The number of nitrogens with one attached hydrogen (secondary N) is 2. The number of aryl methyl sites for hydroxylation is 3. The smallest absolute Gasteiger partial charge is 0.408 e. The standard InChI is InChI=1S/C31H45N3O4/c1-10-19-34(29(36)26(20(3)11-2)33-30(37)38-31(7,8)9)27(24-18-13-12-15-21(24)4)28(35)32-25-22(5)16-14-17-23(25)6/h12-18,20,26-27H,10-11,19H2,1-9H3,(H,32,35)(H,33,37). The van der Waals surface area contributed by atoms with Crippen LogP contribution in [0.25, 0.3) is 0 Å². The van der Waals surface area contributed by atoms with E-state index < -0.39 is 23.8 Å². The highest BCUT2D eigenvalue weighted by Crippen LogP contribution is 2.29. The molecular weight excluding hydrogens is 478 g/mol. The number of carbonyl (C=O) groups excluding carboxylic acids is 3. The third kappa shape index (κ3) is 8.07. The number of nitrogens with zero attached hydrogens (tertiary/aromatic N) is 1. The molecule has 3 amide bonds. The van der Waals surface area contributed by atoms with Gasteiger partial charge in [0.25, 0.3) is 5.91 Å². The number of ether oxygens (including phenoxy) is 1. The van der Waals surface area contributed by atoms with E-state index >= 15 is 0 Å². The molecule has 0 aromatic heterocycles. The summed E-state index contributed by atoms with van der Waals surface area (Å²) in [5.41, 5.74) is 3.58. The van der Waals surface area contributed by atoms with Crippen molar-refractivity contribution in [2.24, 2.45) is 5.92 Å². The van der Waals surface area contributed by atoms with Gasteiger partial charge in [0, 0.05) is 12.2 Å². The van der Waals surface area contributed by atoms with Crippen molar-refractivity contribution in [3.8, 4) is 0 Å². The monoisotopic (exact) mass is 523 g/mol. The van der Waals surface area contributed by atoms with E-state index in [2.05, 4.69) is 10.6 Å². The number of anilines is 1. The van der Waals surface area contributed by atoms with Gasteiger partial charge in [0.1, 0.15) is 17.7 Å². The zero-order chi connectivity index (χ0) is 28.6. The van der Waals surface area contributed by atoms with Crippen molar-refractivity contribution in [3.05, 3.63) is 64.7 Å². The Labute approximate surface area is 228 Å². The fourth-order valence-electron chi connectivity index (χ4n) is 4.45. The summed E-state index contributed by atoms with van der Waals surface area (Å²) in [5, 5.41) is 5.91. The van der Waals surface area contributed by atoms with E-state index in [4.69, 9.17) is 4.74 Å². The number of hydrogen-bond acceptors (Lipinski definition) is 4. The van der Waals surface area contributed by atoms with Gasteiger partial charge < -0.3 is 20.3 Å². The first-order chi connectivity index (χ1) is 17.8. The van der Waals surface area contributed by atoms with E-state index in [0.717, 1.165) is 27.9 Å². The van der Waals surface area contributed by atoms with Crippen LogP contribution < -0.4 is 10.6 Å². The molecule has 0 aliphatic heterocycles. The third-order valence-electron chi connectivity index (χ3n) is 6.67. The minimum atomic E-state index is -0.880. The molecule has 2 rings (SSSR count). The van der Waals surface area contributed by atoms with Crippen LogP contribution in [0.3, 0.4) is 0 Å². The summed E-state index contributed by atoms with van der Waals surface area (Å²) in [6.07, 6.45) is 0.653. The molecule has 3 unspecified atom stereocenters. The molecule has 208 valence electrons. The summed E-state index contributed by atoms with van der Waals surface area (Å²) in [6, 6.07) is 11.7. The van der Waals surface area contributed by atoms with E-state index in [-0.39, 0.29) is 17.7 Å². The molecule has 0 radical (unpaired) electrons. The fraction of sp³-hybridized carbons (Fsp3) is 0.516. The summed E-state index contributed by atoms with van der Waals surface area (Å²) in [6.45, 7) is 17.4. The summed E-state index contributed by atoms with van der Waals surface area (Å²) in [5.74, 6) is -0.774. The molecular formula is C31H45N3O4. The molecule has 2 N–H and O–H groups in total. The first kappa shape index (κ1) is 30.9. The Bertz CT molecular complexity index is 1100. The molecule has 0 aliphatic carbocycles. The van der Waals surface area contributed by atoms with Crippen molar-refractivity contribution in [1.82, 2.24) is 10.2 Å². The zero-order valence-electron chi connectivity index (χ0n) is 24.5. The molecule has 0 fully saturated rings. The summed E-state index contributed by atoms with van der Waals surface area (Å²) < 4.78 is 5.47. The lowest BCUT2D eigenvalue weighted by molar-refractivity contribution is -0.142. The van der Waals surface area contributed by atoms with Crippen LogP contribution in [0.5, 0.6) is 0 Å². The molecule has 2 aromatic carbocycles. The average molecular weight is 524 g/mol. The van der Waals surface area contributed by atoms with E-state index in [1.807, 2.05) is 84.0 Å². The van der Waals surface area contributed by atoms with Crippen molar-refractivity contribution in [1.29, 1.82) is 0 Å². The molecule has 0 spiro atoms. The van der Waals surface area contributed by atoms with Crippen molar-refractivity contribution < 1.29 is 19.1 Å². The van der Waals surface area contributed by atoms with Crippen LogP contribution in [0.4, 0.5) is 10.5 Å². The Balaban J connectivity index is 2.57. The summed E-state index contributed by atoms with van der Waals surface area (Å²) >= 11 is 0. The minimum Gasteiger partial charge on any atom is -0.444 e. The molecule has 0 saturated carbocycles. The summed E-state index contributed by atoms with van der Waals surface area (Å²) in [7, 11) is 0. The van der Waals surface area contributed by atoms with Gasteiger partial charge in [-0.2, -0.15) is 0 Å². The SMILES string of the molecule is CCCN(C(=O)C(NC(=O)OC(C)(C)C)C(C)CC)C(C(=O)Nc1c(C)cccc1C)c1ccccc1C. The third-order valence-corrected chi connectivity index (χ3v) is 6.67. The minimum absolute atomic E-state index is 0.173. The Morgan fingerprint density at radius 1 is 0.921 bits per heavy atom. The second-order valence-electron chi connectivity index (χ2n) is 11.1. The first-order valence-electron chi connectivity index (χ1n) is 13.5. The van der Waals surface area contributed by atoms with Gasteiger partial charge in [-0.3, -0.25) is 9.59 Å². The second kappa shape index (κ2) is 13.4. The van der Waals surface area contributed by atoms with Gasteiger partial charge >= 0.3 is 6.09 Å². The van der Waals surface area contributed by atoms with Gasteiger partial charge in [0.15, 0.2) is 0 Å². The molecule has 0 bridgehead atoms. The van der Waals surface area contributed by atoms with Crippen molar-refractivity contribution in [2.45, 2.75) is 92.8 Å². The van der Waals surface area contributed by atoms with E-state index in [9.17, 15) is 14.4 Å². The van der Waals surface area contributed by atoms with Gasteiger partial charge in [-0.15, -0.1) is 0 Å². The average Bonchev–Trinajstić information content (AvgIpc) is 2.83. The fourth-order valence-corrected chi connectivity index (χ4v) is 4.45. The second-order valence-corrected chi connectivity index (χ2v) is 11.1. The van der Waals surface area contributed by atoms with Gasteiger partial charge in [-0.1, -0.05) is 69.7 Å². The highest BCUT2D eigenvalue weighted by molar-refractivity contribution is 6.00.